The third kappa shape index (κ3) is 5.92. The lowest BCUT2D eigenvalue weighted by Gasteiger charge is -2.22. The van der Waals surface area contributed by atoms with Crippen molar-refractivity contribution in [3.05, 3.63) is 29.1 Å². The quantitative estimate of drug-likeness (QED) is 0.376. The maximum Gasteiger partial charge on any atom is 0.193 e. The van der Waals surface area contributed by atoms with Crippen LogP contribution in [0.2, 0.25) is 0 Å². The molecule has 0 amide bonds. The number of hydrogen-bond acceptors (Lipinski definition) is 4. The maximum absolute atomic E-state index is 13.8. The third-order valence-electron chi connectivity index (χ3n) is 4.72. The molecule has 0 bridgehead atoms. The molecule has 0 radical (unpaired) electrons. The van der Waals surface area contributed by atoms with Crippen molar-refractivity contribution in [3.63, 3.8) is 0 Å². The van der Waals surface area contributed by atoms with Crippen molar-refractivity contribution in [3.8, 4) is 5.75 Å². The Morgan fingerprint density at radius 2 is 2.30 bits per heavy atom. The second kappa shape index (κ2) is 11.0. The van der Waals surface area contributed by atoms with Crippen molar-refractivity contribution >= 4 is 29.9 Å². The van der Waals surface area contributed by atoms with Gasteiger partial charge in [0.05, 0.1) is 13.2 Å². The molecule has 3 rings (SSSR count). The van der Waals surface area contributed by atoms with E-state index >= 15 is 0 Å². The predicted octanol–water partition coefficient (Wildman–Crippen LogP) is 2.79. The van der Waals surface area contributed by atoms with Crippen molar-refractivity contribution in [2.45, 2.75) is 26.4 Å². The minimum Gasteiger partial charge on any atom is -0.467 e. The highest BCUT2D eigenvalue weighted by Crippen LogP contribution is 2.29. The van der Waals surface area contributed by atoms with Crippen LogP contribution >= 0.6 is 24.0 Å². The molecule has 1 N–H and O–H groups in total. The van der Waals surface area contributed by atoms with Gasteiger partial charge in [0.1, 0.15) is 11.6 Å². The van der Waals surface area contributed by atoms with E-state index in [4.69, 9.17) is 19.2 Å². The number of guanidine groups is 1. The number of hydrogen-bond donors (Lipinski definition) is 1. The van der Waals surface area contributed by atoms with Crippen molar-refractivity contribution in [1.82, 2.24) is 10.2 Å². The van der Waals surface area contributed by atoms with Crippen LogP contribution in [-0.4, -0.2) is 57.5 Å². The molecular formula is C19H29FIN3O3. The Balaban J connectivity index is 0.00000261. The monoisotopic (exact) mass is 493 g/mol. The summed E-state index contributed by atoms with van der Waals surface area (Å²) in [5, 5.41) is 3.36. The number of nitrogens with zero attached hydrogens (tertiary/aromatic N) is 2. The van der Waals surface area contributed by atoms with E-state index in [0.717, 1.165) is 55.5 Å². The van der Waals surface area contributed by atoms with Gasteiger partial charge in [0, 0.05) is 44.8 Å². The molecular weight excluding hydrogens is 464 g/mol. The summed E-state index contributed by atoms with van der Waals surface area (Å²) >= 11 is 0. The molecule has 0 spiro atoms. The Kier molecular flexibility index (Phi) is 9.04. The zero-order valence-corrected chi connectivity index (χ0v) is 18.3. The van der Waals surface area contributed by atoms with E-state index < -0.39 is 0 Å². The lowest BCUT2D eigenvalue weighted by molar-refractivity contribution is -0.0172. The largest absolute Gasteiger partial charge is 0.467 e. The third-order valence-corrected chi connectivity index (χ3v) is 4.72. The molecule has 2 aliphatic heterocycles. The molecule has 8 heteroatoms. The normalized spacial score (nSPS) is 19.3. The first-order valence-corrected chi connectivity index (χ1v) is 9.25. The molecule has 0 aromatic heterocycles. The Hall–Kier alpha value is -1.13. The molecule has 0 saturated carbocycles. The van der Waals surface area contributed by atoms with Crippen LogP contribution in [0.3, 0.4) is 0 Å². The van der Waals surface area contributed by atoms with Gasteiger partial charge in [-0.3, -0.25) is 4.99 Å². The van der Waals surface area contributed by atoms with Crippen molar-refractivity contribution < 1.29 is 18.6 Å². The summed E-state index contributed by atoms with van der Waals surface area (Å²) in [6.07, 6.45) is 1.74. The number of benzene rings is 1. The summed E-state index contributed by atoms with van der Waals surface area (Å²) in [6.45, 7) is 6.78. The van der Waals surface area contributed by atoms with Crippen LogP contribution in [0.15, 0.2) is 17.1 Å². The Morgan fingerprint density at radius 1 is 1.44 bits per heavy atom. The fraction of sp³-hybridized carbons (Fsp3) is 0.632. The van der Waals surface area contributed by atoms with E-state index in [1.165, 1.54) is 12.1 Å². The molecule has 1 saturated heterocycles. The number of aliphatic imine (C=N–C) groups is 1. The van der Waals surface area contributed by atoms with Crippen LogP contribution in [-0.2, 0) is 22.5 Å². The molecule has 1 aromatic rings. The molecule has 152 valence electrons. The first-order valence-electron chi connectivity index (χ1n) is 9.25. The van der Waals surface area contributed by atoms with Crippen molar-refractivity contribution in [1.29, 1.82) is 0 Å². The number of likely N-dealkylation sites (tertiary alicyclic amines) is 1. The molecule has 1 fully saturated rings. The molecule has 6 nitrogen and oxygen atoms in total. The number of ether oxygens (including phenoxy) is 3. The van der Waals surface area contributed by atoms with E-state index in [9.17, 15) is 4.39 Å². The van der Waals surface area contributed by atoms with Gasteiger partial charge in [-0.05, 0) is 37.5 Å². The van der Waals surface area contributed by atoms with Crippen LogP contribution in [0.5, 0.6) is 5.75 Å². The Morgan fingerprint density at radius 3 is 3.07 bits per heavy atom. The van der Waals surface area contributed by atoms with Crippen LogP contribution in [0.25, 0.3) is 0 Å². The van der Waals surface area contributed by atoms with Crippen molar-refractivity contribution in [2.75, 3.05) is 46.7 Å². The standard InChI is InChI=1S/C19H28FN3O3.HI/c1-3-21-19(23-7-5-14(10-23)11-24-2)22-6-4-15-8-17(20)9-16-12-25-13-26-18(15)16;/h8-9,14H,3-7,10-13H2,1-2H3,(H,21,22);1H. The maximum atomic E-state index is 13.8. The summed E-state index contributed by atoms with van der Waals surface area (Å²) in [4.78, 5) is 7.02. The average Bonchev–Trinajstić information content (AvgIpc) is 3.09. The van der Waals surface area contributed by atoms with Gasteiger partial charge in [-0.25, -0.2) is 4.39 Å². The van der Waals surface area contributed by atoms with Crippen molar-refractivity contribution in [2.24, 2.45) is 10.9 Å². The van der Waals surface area contributed by atoms with Gasteiger partial charge in [0.25, 0.3) is 0 Å². The van der Waals surface area contributed by atoms with Gasteiger partial charge in [0.2, 0.25) is 0 Å². The average molecular weight is 493 g/mol. The van der Waals surface area contributed by atoms with E-state index in [0.29, 0.717) is 25.5 Å². The van der Waals surface area contributed by atoms with Gasteiger partial charge in [0.15, 0.2) is 12.8 Å². The van der Waals surface area contributed by atoms with Crippen LogP contribution < -0.4 is 10.1 Å². The minimum atomic E-state index is -0.259. The summed E-state index contributed by atoms with van der Waals surface area (Å²) in [5.74, 6) is 1.96. The summed E-state index contributed by atoms with van der Waals surface area (Å²) < 4.78 is 29.9. The highest BCUT2D eigenvalue weighted by atomic mass is 127. The molecule has 0 aliphatic carbocycles. The first kappa shape index (κ1) is 22.2. The van der Waals surface area contributed by atoms with Crippen LogP contribution in [0.1, 0.15) is 24.5 Å². The SMILES string of the molecule is CCNC(=NCCc1cc(F)cc2c1OCOC2)N1CCC(COC)C1.I. The molecule has 1 aromatic carbocycles. The van der Waals surface area contributed by atoms with Gasteiger partial charge < -0.3 is 24.4 Å². The summed E-state index contributed by atoms with van der Waals surface area (Å²) in [7, 11) is 1.74. The highest BCUT2D eigenvalue weighted by Gasteiger charge is 2.24. The van der Waals surface area contributed by atoms with E-state index in [2.05, 4.69) is 17.1 Å². The first-order chi connectivity index (χ1) is 12.7. The number of methoxy groups -OCH3 is 1. The molecule has 1 unspecified atom stereocenters. The predicted molar refractivity (Wildman–Crippen MR) is 113 cm³/mol. The van der Waals surface area contributed by atoms with E-state index in [1.54, 1.807) is 7.11 Å². The Labute approximate surface area is 177 Å². The summed E-state index contributed by atoms with van der Waals surface area (Å²) in [6, 6.07) is 3.02. The molecule has 27 heavy (non-hydrogen) atoms. The zero-order chi connectivity index (χ0) is 18.4. The zero-order valence-electron chi connectivity index (χ0n) is 16.0. The minimum absolute atomic E-state index is 0. The number of fused-ring (bicyclic) bond motifs is 1. The Bertz CT molecular complexity index is 645. The fourth-order valence-corrected chi connectivity index (χ4v) is 3.55. The van der Waals surface area contributed by atoms with E-state index in [-0.39, 0.29) is 36.6 Å². The molecule has 1 atom stereocenters. The van der Waals surface area contributed by atoms with Gasteiger partial charge in [-0.15, -0.1) is 24.0 Å². The molecule has 2 heterocycles. The van der Waals surface area contributed by atoms with Crippen LogP contribution in [0.4, 0.5) is 4.39 Å². The van der Waals surface area contributed by atoms with Gasteiger partial charge in [-0.1, -0.05) is 0 Å². The second-order valence-electron chi connectivity index (χ2n) is 6.71. The van der Waals surface area contributed by atoms with E-state index in [1.807, 2.05) is 0 Å². The fourth-order valence-electron chi connectivity index (χ4n) is 3.55. The lowest BCUT2D eigenvalue weighted by atomic mass is 10.1. The smallest absolute Gasteiger partial charge is 0.193 e. The highest BCUT2D eigenvalue weighted by molar-refractivity contribution is 14.0. The topological polar surface area (TPSA) is 55.3 Å². The second-order valence-corrected chi connectivity index (χ2v) is 6.71. The molecule has 2 aliphatic rings. The number of nitrogens with one attached hydrogen (secondary N) is 1. The van der Waals surface area contributed by atoms with Gasteiger partial charge in [-0.2, -0.15) is 0 Å². The lowest BCUT2D eigenvalue weighted by Crippen LogP contribution is -2.40. The van der Waals surface area contributed by atoms with Crippen LogP contribution in [0, 0.1) is 11.7 Å². The summed E-state index contributed by atoms with van der Waals surface area (Å²) in [5.41, 5.74) is 1.62. The number of halogens is 2. The number of rotatable bonds is 6. The van der Waals surface area contributed by atoms with Gasteiger partial charge >= 0.3 is 0 Å².